The van der Waals surface area contributed by atoms with Crippen LogP contribution in [0.25, 0.3) is 0 Å². The molecule has 1 aromatic carbocycles. The number of nitrogens with two attached hydrogens (primary N) is 1. The van der Waals surface area contributed by atoms with Crippen LogP contribution < -0.4 is 10.5 Å². The third kappa shape index (κ3) is 4.53. The van der Waals surface area contributed by atoms with Gasteiger partial charge >= 0.3 is 0 Å². The zero-order valence-electron chi connectivity index (χ0n) is 9.45. The van der Waals surface area contributed by atoms with E-state index < -0.39 is 0 Å². The molecular weight excluding hydrogens is 224 g/mol. The molecule has 0 fully saturated rings. The number of rotatable bonds is 6. The van der Waals surface area contributed by atoms with E-state index in [0.717, 1.165) is 30.9 Å². The maximum Gasteiger partial charge on any atom is 0.119 e. The second-order valence-electron chi connectivity index (χ2n) is 3.43. The molecule has 0 heterocycles. The average molecular weight is 241 g/mol. The van der Waals surface area contributed by atoms with E-state index in [1.54, 1.807) is 0 Å². The summed E-state index contributed by atoms with van der Waals surface area (Å²) in [5, 5.41) is 0. The van der Waals surface area contributed by atoms with Crippen LogP contribution in [0, 0.1) is 0 Å². The van der Waals surface area contributed by atoms with Crippen molar-refractivity contribution in [3.8, 4) is 5.75 Å². The molecular formula is C12H17ClN2O. The number of nitrogens with zero attached hydrogens (tertiary/aromatic N) is 1. The molecule has 4 heteroatoms. The van der Waals surface area contributed by atoms with Gasteiger partial charge in [-0.15, -0.1) is 11.6 Å². The van der Waals surface area contributed by atoms with Gasteiger partial charge in [0.2, 0.25) is 0 Å². The highest BCUT2D eigenvalue weighted by molar-refractivity contribution is 6.28. The van der Waals surface area contributed by atoms with Crippen molar-refractivity contribution < 1.29 is 4.74 Å². The number of ether oxygens (including phenoxy) is 1. The van der Waals surface area contributed by atoms with Crippen LogP contribution in [0.3, 0.4) is 0 Å². The van der Waals surface area contributed by atoms with Crippen molar-refractivity contribution >= 4 is 23.1 Å². The second-order valence-corrected chi connectivity index (χ2v) is 3.70. The van der Waals surface area contributed by atoms with E-state index in [1.807, 2.05) is 24.3 Å². The van der Waals surface area contributed by atoms with Crippen LogP contribution in [0.1, 0.15) is 19.8 Å². The lowest BCUT2D eigenvalue weighted by Gasteiger charge is -2.05. The minimum absolute atomic E-state index is 0.245. The van der Waals surface area contributed by atoms with Crippen LogP contribution in [-0.4, -0.2) is 18.3 Å². The van der Waals surface area contributed by atoms with Crippen molar-refractivity contribution in [3.05, 3.63) is 24.3 Å². The first-order chi connectivity index (χ1) is 7.76. The van der Waals surface area contributed by atoms with E-state index in [9.17, 15) is 0 Å². The summed E-state index contributed by atoms with van der Waals surface area (Å²) in [6.07, 6.45) is 2.20. The number of unbranched alkanes of at least 4 members (excludes halogenated alkanes) is 1. The number of alkyl halides is 1. The lowest BCUT2D eigenvalue weighted by atomic mass is 10.3. The van der Waals surface area contributed by atoms with Crippen molar-refractivity contribution in [1.82, 2.24) is 0 Å². The highest BCUT2D eigenvalue weighted by Crippen LogP contribution is 2.18. The van der Waals surface area contributed by atoms with Crippen molar-refractivity contribution in [2.24, 2.45) is 10.7 Å². The van der Waals surface area contributed by atoms with Crippen molar-refractivity contribution in [2.75, 3.05) is 12.5 Å². The SMILES string of the molecule is CCCCOc1ccc(N=C(N)CCl)cc1. The molecule has 0 saturated carbocycles. The molecule has 0 spiro atoms. The summed E-state index contributed by atoms with van der Waals surface area (Å²) in [6, 6.07) is 7.49. The highest BCUT2D eigenvalue weighted by atomic mass is 35.5. The fourth-order valence-electron chi connectivity index (χ4n) is 1.15. The predicted octanol–water partition coefficient (Wildman–Crippen LogP) is 3.09. The Bertz CT molecular complexity index is 335. The van der Waals surface area contributed by atoms with Gasteiger partial charge in [-0.1, -0.05) is 13.3 Å². The molecule has 1 aromatic rings. The molecule has 0 amide bonds. The predicted molar refractivity (Wildman–Crippen MR) is 68.8 cm³/mol. The highest BCUT2D eigenvalue weighted by Gasteiger charge is 1.95. The average Bonchev–Trinajstić information content (AvgIpc) is 2.31. The van der Waals surface area contributed by atoms with Gasteiger partial charge in [-0.05, 0) is 30.7 Å². The standard InChI is InChI=1S/C12H17ClN2O/c1-2-3-8-16-11-6-4-10(5-7-11)15-12(14)9-13/h4-7H,2-3,8-9H2,1H3,(H2,14,15). The van der Waals surface area contributed by atoms with E-state index in [-0.39, 0.29) is 5.88 Å². The summed E-state index contributed by atoms with van der Waals surface area (Å²) in [7, 11) is 0. The molecule has 0 unspecified atom stereocenters. The number of hydrogen-bond donors (Lipinski definition) is 1. The summed E-state index contributed by atoms with van der Waals surface area (Å²) in [4.78, 5) is 4.12. The molecule has 0 bridgehead atoms. The Hall–Kier alpha value is -1.22. The first-order valence-corrected chi connectivity index (χ1v) is 5.91. The minimum Gasteiger partial charge on any atom is -0.494 e. The fourth-order valence-corrected chi connectivity index (χ4v) is 1.21. The topological polar surface area (TPSA) is 47.6 Å². The van der Waals surface area contributed by atoms with Crippen LogP contribution in [-0.2, 0) is 0 Å². The summed E-state index contributed by atoms with van der Waals surface area (Å²) in [5.41, 5.74) is 6.32. The summed E-state index contributed by atoms with van der Waals surface area (Å²) in [5.74, 6) is 1.52. The Kier molecular flexibility index (Phi) is 5.72. The molecule has 3 nitrogen and oxygen atoms in total. The fraction of sp³-hybridized carbons (Fsp3) is 0.417. The molecule has 2 N–H and O–H groups in total. The quantitative estimate of drug-likeness (QED) is 0.360. The molecule has 0 aliphatic carbocycles. The number of benzene rings is 1. The maximum absolute atomic E-state index is 5.54. The molecule has 0 aromatic heterocycles. The zero-order valence-corrected chi connectivity index (χ0v) is 10.2. The Balaban J connectivity index is 2.54. The third-order valence-corrected chi connectivity index (χ3v) is 2.29. The number of aliphatic imine (C=N–C) groups is 1. The third-order valence-electron chi connectivity index (χ3n) is 2.01. The molecule has 16 heavy (non-hydrogen) atoms. The van der Waals surface area contributed by atoms with Crippen molar-refractivity contribution in [1.29, 1.82) is 0 Å². The Morgan fingerprint density at radius 2 is 2.06 bits per heavy atom. The first-order valence-electron chi connectivity index (χ1n) is 5.38. The minimum atomic E-state index is 0.245. The van der Waals surface area contributed by atoms with Crippen LogP contribution in [0.4, 0.5) is 5.69 Å². The van der Waals surface area contributed by atoms with Crippen LogP contribution in [0.15, 0.2) is 29.3 Å². The van der Waals surface area contributed by atoms with E-state index >= 15 is 0 Å². The molecule has 0 atom stereocenters. The van der Waals surface area contributed by atoms with Gasteiger partial charge in [0.1, 0.15) is 11.6 Å². The Morgan fingerprint density at radius 1 is 1.38 bits per heavy atom. The summed E-state index contributed by atoms with van der Waals surface area (Å²) in [6.45, 7) is 2.89. The van der Waals surface area contributed by atoms with E-state index in [0.29, 0.717) is 5.84 Å². The van der Waals surface area contributed by atoms with E-state index in [2.05, 4.69) is 11.9 Å². The molecule has 0 radical (unpaired) electrons. The van der Waals surface area contributed by atoms with E-state index in [1.165, 1.54) is 0 Å². The smallest absolute Gasteiger partial charge is 0.119 e. The number of halogens is 1. The first kappa shape index (κ1) is 12.8. The van der Waals surface area contributed by atoms with Gasteiger partial charge in [0, 0.05) is 0 Å². The Labute approximate surface area is 101 Å². The molecule has 0 aliphatic rings. The van der Waals surface area contributed by atoms with Crippen molar-refractivity contribution in [2.45, 2.75) is 19.8 Å². The number of hydrogen-bond acceptors (Lipinski definition) is 2. The van der Waals surface area contributed by atoms with Gasteiger partial charge < -0.3 is 10.5 Å². The molecule has 1 rings (SSSR count). The molecule has 0 saturated heterocycles. The van der Waals surface area contributed by atoms with Gasteiger partial charge in [-0.2, -0.15) is 0 Å². The molecule has 88 valence electrons. The zero-order chi connectivity index (χ0) is 11.8. The van der Waals surface area contributed by atoms with Crippen molar-refractivity contribution in [3.63, 3.8) is 0 Å². The van der Waals surface area contributed by atoms with Gasteiger partial charge in [0.05, 0.1) is 18.2 Å². The monoisotopic (exact) mass is 240 g/mol. The second kappa shape index (κ2) is 7.12. The maximum atomic E-state index is 5.54. The lowest BCUT2D eigenvalue weighted by Crippen LogP contribution is -2.12. The van der Waals surface area contributed by atoms with Crippen LogP contribution in [0.5, 0.6) is 5.75 Å². The van der Waals surface area contributed by atoms with Crippen LogP contribution >= 0.6 is 11.6 Å². The Morgan fingerprint density at radius 3 is 2.62 bits per heavy atom. The summed E-state index contributed by atoms with van der Waals surface area (Å²) < 4.78 is 5.53. The molecule has 0 aliphatic heterocycles. The van der Waals surface area contributed by atoms with Crippen LogP contribution in [0.2, 0.25) is 0 Å². The van der Waals surface area contributed by atoms with Gasteiger partial charge in [0.15, 0.2) is 0 Å². The normalized spacial score (nSPS) is 11.5. The lowest BCUT2D eigenvalue weighted by molar-refractivity contribution is 0.309. The van der Waals surface area contributed by atoms with Gasteiger partial charge in [0.25, 0.3) is 0 Å². The number of amidine groups is 1. The van der Waals surface area contributed by atoms with E-state index in [4.69, 9.17) is 22.1 Å². The summed E-state index contributed by atoms with van der Waals surface area (Å²) >= 11 is 5.54. The van der Waals surface area contributed by atoms with Gasteiger partial charge in [-0.3, -0.25) is 0 Å². The van der Waals surface area contributed by atoms with Gasteiger partial charge in [-0.25, -0.2) is 4.99 Å². The largest absolute Gasteiger partial charge is 0.494 e.